The molecule has 2 aromatic rings. The van der Waals surface area contributed by atoms with Gasteiger partial charge >= 0.3 is 0 Å². The molecule has 0 atom stereocenters. The Morgan fingerprint density at radius 2 is 2.04 bits per heavy atom. The zero-order valence-electron chi connectivity index (χ0n) is 13.6. The van der Waals surface area contributed by atoms with Crippen LogP contribution in [0.15, 0.2) is 27.8 Å². The fraction of sp³-hybridized carbons (Fsp3) is 0.471. The minimum atomic E-state index is -0.117. The number of carbonyl (C=O) groups excluding carboxylic acids is 1. The molecule has 1 aliphatic carbocycles. The fourth-order valence-electron chi connectivity index (χ4n) is 2.83. The molecular formula is C17H19Cl2N3O2S. The molecule has 0 bridgehead atoms. The van der Waals surface area contributed by atoms with Crippen LogP contribution in [-0.4, -0.2) is 21.9 Å². The third kappa shape index (κ3) is 5.36. The van der Waals surface area contributed by atoms with Crippen LogP contribution < -0.4 is 5.32 Å². The first-order valence-corrected chi connectivity index (χ1v) is 10.0. The van der Waals surface area contributed by atoms with Crippen LogP contribution in [0.25, 0.3) is 0 Å². The second-order valence-electron chi connectivity index (χ2n) is 6.04. The third-order valence-electron chi connectivity index (χ3n) is 4.19. The number of amides is 1. The molecule has 8 heteroatoms. The molecule has 5 nitrogen and oxygen atoms in total. The summed E-state index contributed by atoms with van der Waals surface area (Å²) in [5.41, 5.74) is 0.821. The number of hydrogen-bond donors (Lipinski definition) is 1. The molecule has 0 aliphatic heterocycles. The molecule has 3 rings (SSSR count). The summed E-state index contributed by atoms with van der Waals surface area (Å²) < 4.78 is 5.69. The Kier molecular flexibility index (Phi) is 6.62. The molecule has 1 heterocycles. The molecule has 0 spiro atoms. The van der Waals surface area contributed by atoms with E-state index in [0.29, 0.717) is 33.6 Å². The van der Waals surface area contributed by atoms with Gasteiger partial charge in [0.15, 0.2) is 0 Å². The monoisotopic (exact) mass is 399 g/mol. The molecule has 0 saturated heterocycles. The Morgan fingerprint density at radius 3 is 2.80 bits per heavy atom. The first-order valence-electron chi connectivity index (χ1n) is 8.28. The van der Waals surface area contributed by atoms with Gasteiger partial charge in [0, 0.05) is 22.5 Å². The van der Waals surface area contributed by atoms with E-state index >= 15 is 0 Å². The number of hydrogen-bond acceptors (Lipinski definition) is 5. The summed E-state index contributed by atoms with van der Waals surface area (Å²) in [4.78, 5) is 12.0. The van der Waals surface area contributed by atoms with E-state index in [1.165, 1.54) is 31.0 Å². The maximum Gasteiger partial charge on any atom is 0.277 e. The van der Waals surface area contributed by atoms with Gasteiger partial charge < -0.3 is 9.73 Å². The maximum absolute atomic E-state index is 12.0. The molecule has 134 valence electrons. The van der Waals surface area contributed by atoms with Crippen molar-refractivity contribution in [2.75, 3.05) is 5.75 Å². The second kappa shape index (κ2) is 8.92. The molecule has 25 heavy (non-hydrogen) atoms. The zero-order chi connectivity index (χ0) is 17.6. The lowest BCUT2D eigenvalue weighted by Crippen LogP contribution is -2.24. The van der Waals surface area contributed by atoms with E-state index < -0.39 is 0 Å². The molecule has 1 saturated carbocycles. The van der Waals surface area contributed by atoms with Gasteiger partial charge in [-0.1, -0.05) is 60.3 Å². The van der Waals surface area contributed by atoms with E-state index in [-0.39, 0.29) is 11.7 Å². The zero-order valence-corrected chi connectivity index (χ0v) is 16.0. The molecule has 1 fully saturated rings. The Hall–Kier alpha value is -1.24. The molecule has 0 radical (unpaired) electrons. The van der Waals surface area contributed by atoms with Crippen molar-refractivity contribution in [1.82, 2.24) is 15.5 Å². The highest BCUT2D eigenvalue weighted by Crippen LogP contribution is 2.32. The summed E-state index contributed by atoms with van der Waals surface area (Å²) in [6, 6.07) is 5.20. The van der Waals surface area contributed by atoms with Gasteiger partial charge in [0.1, 0.15) is 0 Å². The van der Waals surface area contributed by atoms with Gasteiger partial charge in [-0.2, -0.15) is 0 Å². The van der Waals surface area contributed by atoms with Gasteiger partial charge in [-0.05, 0) is 30.5 Å². The predicted octanol–water partition coefficient (Wildman–Crippen LogP) is 4.83. The van der Waals surface area contributed by atoms with Gasteiger partial charge in [0.2, 0.25) is 11.8 Å². The Balaban J connectivity index is 1.45. The van der Waals surface area contributed by atoms with Crippen LogP contribution in [0.1, 0.15) is 49.5 Å². The van der Waals surface area contributed by atoms with Crippen molar-refractivity contribution in [3.63, 3.8) is 0 Å². The number of carbonyl (C=O) groups is 1. The second-order valence-corrected chi connectivity index (χ2v) is 7.81. The quantitative estimate of drug-likeness (QED) is 0.704. The largest absolute Gasteiger partial charge is 0.416 e. The first-order chi connectivity index (χ1) is 12.1. The van der Waals surface area contributed by atoms with Crippen LogP contribution in [0.5, 0.6) is 0 Å². The fourth-order valence-corrected chi connectivity index (χ4v) is 3.91. The van der Waals surface area contributed by atoms with E-state index in [0.717, 1.165) is 18.4 Å². The van der Waals surface area contributed by atoms with Crippen molar-refractivity contribution in [3.8, 4) is 0 Å². The van der Waals surface area contributed by atoms with E-state index in [9.17, 15) is 4.79 Å². The standard InChI is InChI=1S/C17H19Cl2N3O2S/c18-13-7-6-12(14(19)8-13)9-20-15(23)10-25-17-22-21-16(24-17)11-4-2-1-3-5-11/h6-8,11H,1-5,9-10H2,(H,20,23). The van der Waals surface area contributed by atoms with Crippen LogP contribution in [-0.2, 0) is 11.3 Å². The summed E-state index contributed by atoms with van der Waals surface area (Å²) in [7, 11) is 0. The van der Waals surface area contributed by atoms with E-state index in [1.54, 1.807) is 18.2 Å². The maximum atomic E-state index is 12.0. The van der Waals surface area contributed by atoms with Crippen molar-refractivity contribution in [3.05, 3.63) is 39.7 Å². The average molecular weight is 400 g/mol. The van der Waals surface area contributed by atoms with E-state index in [4.69, 9.17) is 27.6 Å². The SMILES string of the molecule is O=C(CSc1nnc(C2CCCCC2)o1)NCc1ccc(Cl)cc1Cl. The summed E-state index contributed by atoms with van der Waals surface area (Å²) in [6.07, 6.45) is 5.92. The highest BCUT2D eigenvalue weighted by Gasteiger charge is 2.21. The normalized spacial score (nSPS) is 15.3. The van der Waals surface area contributed by atoms with Gasteiger partial charge in [0.05, 0.1) is 5.75 Å². The van der Waals surface area contributed by atoms with Crippen molar-refractivity contribution in [1.29, 1.82) is 0 Å². The summed E-state index contributed by atoms with van der Waals surface area (Å²) in [6.45, 7) is 0.354. The van der Waals surface area contributed by atoms with Crippen molar-refractivity contribution >= 4 is 40.9 Å². The minimum Gasteiger partial charge on any atom is -0.416 e. The van der Waals surface area contributed by atoms with E-state index in [2.05, 4.69) is 15.5 Å². The molecule has 1 N–H and O–H groups in total. The van der Waals surface area contributed by atoms with Crippen LogP contribution in [0, 0.1) is 0 Å². The number of aromatic nitrogens is 2. The predicted molar refractivity (Wildman–Crippen MR) is 99.2 cm³/mol. The molecular weight excluding hydrogens is 381 g/mol. The Labute approximate surface area is 160 Å². The van der Waals surface area contributed by atoms with E-state index in [1.807, 2.05) is 0 Å². The smallest absolute Gasteiger partial charge is 0.277 e. The van der Waals surface area contributed by atoms with Crippen molar-refractivity contribution < 1.29 is 9.21 Å². The first kappa shape index (κ1) is 18.5. The lowest BCUT2D eigenvalue weighted by Gasteiger charge is -2.17. The van der Waals surface area contributed by atoms with Gasteiger partial charge in [-0.3, -0.25) is 4.79 Å². The van der Waals surface area contributed by atoms with Crippen LogP contribution in [0.2, 0.25) is 10.0 Å². The van der Waals surface area contributed by atoms with Gasteiger partial charge in [-0.25, -0.2) is 0 Å². The summed E-state index contributed by atoms with van der Waals surface area (Å²) in [5.74, 6) is 1.18. The average Bonchev–Trinajstić information content (AvgIpc) is 3.09. The third-order valence-corrected chi connectivity index (χ3v) is 5.60. The molecule has 0 unspecified atom stereocenters. The molecule has 1 aliphatic rings. The lowest BCUT2D eigenvalue weighted by atomic mass is 9.89. The highest BCUT2D eigenvalue weighted by molar-refractivity contribution is 7.99. The number of halogens is 2. The Morgan fingerprint density at radius 1 is 1.24 bits per heavy atom. The Bertz CT molecular complexity index is 732. The van der Waals surface area contributed by atoms with Crippen LogP contribution in [0.3, 0.4) is 0 Å². The number of thioether (sulfide) groups is 1. The number of nitrogens with one attached hydrogen (secondary N) is 1. The van der Waals surface area contributed by atoms with Crippen LogP contribution >= 0.6 is 35.0 Å². The summed E-state index contributed by atoms with van der Waals surface area (Å²) >= 11 is 13.2. The lowest BCUT2D eigenvalue weighted by molar-refractivity contribution is -0.118. The minimum absolute atomic E-state index is 0.117. The van der Waals surface area contributed by atoms with Crippen molar-refractivity contribution in [2.45, 2.75) is 49.8 Å². The van der Waals surface area contributed by atoms with Crippen molar-refractivity contribution in [2.24, 2.45) is 0 Å². The van der Waals surface area contributed by atoms with Gasteiger partial charge in [0.25, 0.3) is 5.22 Å². The molecule has 1 amide bonds. The molecule has 1 aromatic carbocycles. The topological polar surface area (TPSA) is 68.0 Å². The molecule has 1 aromatic heterocycles. The highest BCUT2D eigenvalue weighted by atomic mass is 35.5. The number of rotatable bonds is 6. The summed E-state index contributed by atoms with van der Waals surface area (Å²) in [5, 5.41) is 12.5. The number of benzene rings is 1. The number of nitrogens with zero attached hydrogens (tertiary/aromatic N) is 2. The van der Waals surface area contributed by atoms with Crippen LogP contribution in [0.4, 0.5) is 0 Å². The van der Waals surface area contributed by atoms with Gasteiger partial charge in [-0.15, -0.1) is 10.2 Å².